The zero-order valence-electron chi connectivity index (χ0n) is 19.8. The van der Waals surface area contributed by atoms with Gasteiger partial charge in [0.15, 0.2) is 0 Å². The molecule has 1 N–H and O–H groups in total. The predicted octanol–water partition coefficient (Wildman–Crippen LogP) is 4.42. The molecule has 0 bridgehead atoms. The first-order valence-electron chi connectivity index (χ1n) is 10.4. The zero-order valence-corrected chi connectivity index (χ0v) is 20.7. The van der Waals surface area contributed by atoms with Crippen LogP contribution in [0.3, 0.4) is 0 Å². The molecule has 0 aliphatic heterocycles. The van der Waals surface area contributed by atoms with Crippen LogP contribution in [0.15, 0.2) is 36.4 Å². The van der Waals surface area contributed by atoms with Gasteiger partial charge in [-0.15, -0.1) is 0 Å². The number of alkyl carbamates (subject to hydrolysis) is 1. The van der Waals surface area contributed by atoms with Crippen molar-refractivity contribution in [2.24, 2.45) is 0 Å². The summed E-state index contributed by atoms with van der Waals surface area (Å²) in [5.41, 5.74) is 4.02. The Balaban J connectivity index is 2.47. The first-order valence-corrected chi connectivity index (χ1v) is 11.9. The van der Waals surface area contributed by atoms with Gasteiger partial charge >= 0.3 is 12.1 Å². The van der Waals surface area contributed by atoms with Crippen molar-refractivity contribution in [3.8, 4) is 0 Å². The van der Waals surface area contributed by atoms with Gasteiger partial charge in [0, 0.05) is 6.16 Å². The molecule has 1 unspecified atom stereocenters. The first-order chi connectivity index (χ1) is 14.4. The molecule has 2 aromatic carbocycles. The van der Waals surface area contributed by atoms with E-state index < -0.39 is 31.6 Å². The number of carbonyl (C=O) groups is 2. The molecular formula is C25H34NO4P. The highest BCUT2D eigenvalue weighted by Gasteiger charge is 2.29. The van der Waals surface area contributed by atoms with Crippen molar-refractivity contribution in [2.75, 3.05) is 13.3 Å². The van der Waals surface area contributed by atoms with Crippen molar-refractivity contribution >= 4 is 30.6 Å². The van der Waals surface area contributed by atoms with E-state index in [9.17, 15) is 9.59 Å². The largest absolute Gasteiger partial charge is 0.467 e. The molecule has 1 amide bonds. The molecule has 0 saturated heterocycles. The SMILES string of the molecule is COC(=O)C(CP(c1cc(C)cc(C)c1)c1cc(C)cc(C)c1)NC(=O)OC(C)(C)C. The Bertz CT molecular complexity index is 857. The van der Waals surface area contributed by atoms with Crippen molar-refractivity contribution in [1.82, 2.24) is 5.32 Å². The van der Waals surface area contributed by atoms with E-state index in [1.54, 1.807) is 20.8 Å². The maximum atomic E-state index is 12.6. The molecule has 0 aromatic heterocycles. The number of methoxy groups -OCH3 is 1. The fourth-order valence-corrected chi connectivity index (χ4v) is 6.29. The summed E-state index contributed by atoms with van der Waals surface area (Å²) in [4.78, 5) is 25.0. The van der Waals surface area contributed by atoms with Crippen molar-refractivity contribution in [1.29, 1.82) is 0 Å². The second kappa shape index (κ2) is 10.3. The van der Waals surface area contributed by atoms with Crippen LogP contribution in [-0.4, -0.2) is 37.0 Å². The number of benzene rings is 2. The van der Waals surface area contributed by atoms with E-state index in [1.165, 1.54) is 29.4 Å². The molecule has 31 heavy (non-hydrogen) atoms. The average Bonchev–Trinajstić information content (AvgIpc) is 2.61. The lowest BCUT2D eigenvalue weighted by molar-refractivity contribution is -0.142. The lowest BCUT2D eigenvalue weighted by atomic mass is 10.2. The molecular weight excluding hydrogens is 409 g/mol. The maximum absolute atomic E-state index is 12.6. The third kappa shape index (κ3) is 7.66. The zero-order chi connectivity index (χ0) is 23.3. The second-order valence-corrected chi connectivity index (χ2v) is 11.3. The number of aryl methyl sites for hydroxylation is 4. The van der Waals surface area contributed by atoms with Crippen LogP contribution < -0.4 is 15.9 Å². The van der Waals surface area contributed by atoms with E-state index in [4.69, 9.17) is 9.47 Å². The molecule has 168 valence electrons. The topological polar surface area (TPSA) is 64.6 Å². The fraction of sp³-hybridized carbons (Fsp3) is 0.440. The van der Waals surface area contributed by atoms with Gasteiger partial charge in [-0.05, 0) is 67.0 Å². The number of amides is 1. The van der Waals surface area contributed by atoms with Gasteiger partial charge in [-0.25, -0.2) is 9.59 Å². The number of rotatable bonds is 6. The summed E-state index contributed by atoms with van der Waals surface area (Å²) in [6.07, 6.45) is -0.203. The summed E-state index contributed by atoms with van der Waals surface area (Å²) in [6, 6.07) is 12.1. The third-order valence-corrected chi connectivity index (χ3v) is 7.07. The van der Waals surface area contributed by atoms with Gasteiger partial charge in [-0.3, -0.25) is 0 Å². The van der Waals surface area contributed by atoms with Gasteiger partial charge in [0.05, 0.1) is 7.11 Å². The lowest BCUT2D eigenvalue weighted by Crippen LogP contribution is -2.46. The molecule has 2 aromatic rings. The number of esters is 1. The van der Waals surface area contributed by atoms with Crippen molar-refractivity contribution < 1.29 is 19.1 Å². The number of ether oxygens (including phenoxy) is 2. The molecule has 0 saturated carbocycles. The Morgan fingerprint density at radius 2 is 1.29 bits per heavy atom. The summed E-state index contributed by atoms with van der Waals surface area (Å²) in [7, 11) is 0.407. The second-order valence-electron chi connectivity index (χ2n) is 9.02. The van der Waals surface area contributed by atoms with Gasteiger partial charge in [0.25, 0.3) is 0 Å². The van der Waals surface area contributed by atoms with E-state index >= 15 is 0 Å². The van der Waals surface area contributed by atoms with Gasteiger partial charge in [0.2, 0.25) is 0 Å². The fourth-order valence-electron chi connectivity index (χ4n) is 3.53. The van der Waals surface area contributed by atoms with Crippen molar-refractivity contribution in [3.05, 3.63) is 58.7 Å². The smallest absolute Gasteiger partial charge is 0.408 e. The Morgan fingerprint density at radius 1 is 0.871 bits per heavy atom. The molecule has 1 atom stereocenters. The summed E-state index contributed by atoms with van der Waals surface area (Å²) in [5, 5.41) is 5.06. The quantitative estimate of drug-likeness (QED) is 0.530. The summed E-state index contributed by atoms with van der Waals surface area (Å²) in [6.45, 7) is 13.7. The highest BCUT2D eigenvalue weighted by Crippen LogP contribution is 2.36. The van der Waals surface area contributed by atoms with Gasteiger partial charge in [0.1, 0.15) is 11.6 Å². The molecule has 0 aliphatic carbocycles. The van der Waals surface area contributed by atoms with Crippen LogP contribution >= 0.6 is 7.92 Å². The van der Waals surface area contributed by atoms with Crippen molar-refractivity contribution in [2.45, 2.75) is 60.1 Å². The Morgan fingerprint density at radius 3 is 1.65 bits per heavy atom. The van der Waals surface area contributed by atoms with E-state index in [-0.39, 0.29) is 0 Å². The van der Waals surface area contributed by atoms with Crippen molar-refractivity contribution in [3.63, 3.8) is 0 Å². The van der Waals surface area contributed by atoms with Gasteiger partial charge in [-0.2, -0.15) is 0 Å². The highest BCUT2D eigenvalue weighted by molar-refractivity contribution is 7.73. The maximum Gasteiger partial charge on any atom is 0.408 e. The number of hydrogen-bond donors (Lipinski definition) is 1. The van der Waals surface area contributed by atoms with E-state index in [0.29, 0.717) is 6.16 Å². The summed E-state index contributed by atoms with van der Waals surface area (Å²) >= 11 is 0. The molecule has 0 heterocycles. The van der Waals surface area contributed by atoms with E-state index in [1.807, 2.05) is 0 Å². The lowest BCUT2D eigenvalue weighted by Gasteiger charge is -2.27. The van der Waals surface area contributed by atoms with Crippen LogP contribution in [0.1, 0.15) is 43.0 Å². The first kappa shape index (κ1) is 24.9. The molecule has 2 rings (SSSR count). The van der Waals surface area contributed by atoms with E-state index in [0.717, 1.165) is 10.6 Å². The molecule has 0 spiro atoms. The minimum atomic E-state index is -0.928. The average molecular weight is 444 g/mol. The van der Waals surface area contributed by atoms with Crippen LogP contribution in [-0.2, 0) is 14.3 Å². The predicted molar refractivity (Wildman–Crippen MR) is 128 cm³/mol. The van der Waals surface area contributed by atoms with Crippen LogP contribution in [0.25, 0.3) is 0 Å². The van der Waals surface area contributed by atoms with Crippen LogP contribution in [0, 0.1) is 27.7 Å². The number of carbonyl (C=O) groups excluding carboxylic acids is 2. The third-order valence-electron chi connectivity index (χ3n) is 4.58. The van der Waals surface area contributed by atoms with Gasteiger partial charge < -0.3 is 14.8 Å². The highest BCUT2D eigenvalue weighted by atomic mass is 31.1. The Kier molecular flexibility index (Phi) is 8.25. The van der Waals surface area contributed by atoms with Gasteiger partial charge in [-0.1, -0.05) is 58.7 Å². The van der Waals surface area contributed by atoms with E-state index in [2.05, 4.69) is 69.4 Å². The molecule has 0 fully saturated rings. The van der Waals surface area contributed by atoms with Crippen LogP contribution in [0.4, 0.5) is 4.79 Å². The number of nitrogens with one attached hydrogen (secondary N) is 1. The Hall–Kier alpha value is -2.39. The molecule has 6 heteroatoms. The van der Waals surface area contributed by atoms with Crippen LogP contribution in [0.5, 0.6) is 0 Å². The Labute approximate surface area is 187 Å². The molecule has 0 aliphatic rings. The van der Waals surface area contributed by atoms with Crippen LogP contribution in [0.2, 0.25) is 0 Å². The molecule has 5 nitrogen and oxygen atoms in total. The normalized spacial score (nSPS) is 12.4. The minimum absolute atomic E-state index is 0.424. The molecule has 0 radical (unpaired) electrons. The standard InChI is InChI=1S/C25H34NO4P/c1-16-9-17(2)12-20(11-16)31(21-13-18(3)10-19(4)14-21)15-22(23(27)29-8)26-24(28)30-25(5,6)7/h9-14,22H,15H2,1-8H3,(H,26,28). The monoisotopic (exact) mass is 443 g/mol. The number of hydrogen-bond acceptors (Lipinski definition) is 4. The summed E-state index contributed by atoms with van der Waals surface area (Å²) in [5.74, 6) is -0.480. The summed E-state index contributed by atoms with van der Waals surface area (Å²) < 4.78 is 10.4. The minimum Gasteiger partial charge on any atom is -0.467 e.